The van der Waals surface area contributed by atoms with E-state index in [4.69, 9.17) is 0 Å². The number of hydrogen-bond donors (Lipinski definition) is 1. The zero-order valence-electron chi connectivity index (χ0n) is 11.9. The number of hydrogen-bond acceptors (Lipinski definition) is 5. The minimum Gasteiger partial charge on any atom is -0.363 e. The lowest BCUT2D eigenvalue weighted by molar-refractivity contribution is 0.123. The smallest absolute Gasteiger partial charge is 0.205 e. The van der Waals surface area contributed by atoms with Gasteiger partial charge in [-0.25, -0.2) is 0 Å². The highest BCUT2D eigenvalue weighted by atomic mass is 32.1. The second-order valence-electron chi connectivity index (χ2n) is 6.06. The third kappa shape index (κ3) is 3.42. The van der Waals surface area contributed by atoms with Crippen LogP contribution in [0.15, 0.2) is 0 Å². The Labute approximate surface area is 114 Å². The van der Waals surface area contributed by atoms with E-state index in [1.165, 1.54) is 25.7 Å². The predicted octanol–water partition coefficient (Wildman–Crippen LogP) is 2.98. The average molecular weight is 268 g/mol. The van der Waals surface area contributed by atoms with Gasteiger partial charge in [-0.1, -0.05) is 25.2 Å². The Morgan fingerprint density at radius 3 is 2.56 bits per heavy atom. The van der Waals surface area contributed by atoms with Gasteiger partial charge in [-0.15, -0.1) is 10.2 Å². The van der Waals surface area contributed by atoms with Crippen molar-refractivity contribution in [3.63, 3.8) is 0 Å². The molecular weight excluding hydrogens is 244 g/mol. The summed E-state index contributed by atoms with van der Waals surface area (Å²) in [7, 11) is 4.10. The van der Waals surface area contributed by atoms with Gasteiger partial charge in [0.25, 0.3) is 0 Å². The Kier molecular flexibility index (Phi) is 4.22. The van der Waals surface area contributed by atoms with Crippen molar-refractivity contribution in [2.45, 2.75) is 52.1 Å². The van der Waals surface area contributed by atoms with Crippen LogP contribution in [-0.4, -0.2) is 35.2 Å². The van der Waals surface area contributed by atoms with E-state index >= 15 is 0 Å². The summed E-state index contributed by atoms with van der Waals surface area (Å²) >= 11 is 1.65. The average Bonchev–Trinajstić information content (AvgIpc) is 2.76. The Balaban J connectivity index is 1.86. The highest BCUT2D eigenvalue weighted by molar-refractivity contribution is 7.15. The Hall–Kier alpha value is -0.680. The van der Waals surface area contributed by atoms with Gasteiger partial charge in [0, 0.05) is 13.1 Å². The van der Waals surface area contributed by atoms with Crippen LogP contribution in [0.1, 0.15) is 44.5 Å². The van der Waals surface area contributed by atoms with Crippen LogP contribution in [0.5, 0.6) is 0 Å². The van der Waals surface area contributed by atoms with Crippen LogP contribution in [0.2, 0.25) is 0 Å². The topological polar surface area (TPSA) is 41.1 Å². The summed E-state index contributed by atoms with van der Waals surface area (Å²) < 4.78 is 0. The molecule has 102 valence electrons. The maximum absolute atomic E-state index is 4.21. The molecule has 18 heavy (non-hydrogen) atoms. The van der Waals surface area contributed by atoms with Gasteiger partial charge in [0.2, 0.25) is 5.13 Å². The van der Waals surface area contributed by atoms with Crippen molar-refractivity contribution < 1.29 is 0 Å². The van der Waals surface area contributed by atoms with Gasteiger partial charge in [0.15, 0.2) is 0 Å². The highest BCUT2D eigenvalue weighted by Gasteiger charge is 2.29. The molecule has 0 amide bonds. The van der Waals surface area contributed by atoms with Crippen LogP contribution in [0, 0.1) is 5.41 Å². The van der Waals surface area contributed by atoms with Crippen molar-refractivity contribution in [2.24, 2.45) is 5.41 Å². The van der Waals surface area contributed by atoms with Crippen molar-refractivity contribution >= 4 is 16.5 Å². The maximum atomic E-state index is 4.21. The molecule has 1 aliphatic rings. The molecule has 2 rings (SSSR count). The Bertz CT molecular complexity index is 378. The molecule has 0 radical (unpaired) electrons. The zero-order chi connectivity index (χ0) is 13.2. The number of anilines is 1. The van der Waals surface area contributed by atoms with Crippen molar-refractivity contribution in [1.29, 1.82) is 0 Å². The lowest BCUT2D eigenvalue weighted by Gasteiger charge is -2.38. The van der Waals surface area contributed by atoms with Crippen LogP contribution >= 0.6 is 11.3 Å². The Morgan fingerprint density at radius 1 is 1.33 bits per heavy atom. The summed E-state index contributed by atoms with van der Waals surface area (Å²) in [5.74, 6) is 0. The van der Waals surface area contributed by atoms with Crippen LogP contribution < -0.4 is 5.32 Å². The molecule has 0 aromatic carbocycles. The first-order chi connectivity index (χ1) is 8.50. The molecule has 1 aliphatic carbocycles. The first-order valence-corrected chi connectivity index (χ1v) is 7.52. The standard InChI is InChI=1S/C13H24N4S/c1-13(2)7-5-10(6-8-13)17(4)9-11-15-16-12(14-3)18-11/h10H,5-9H2,1-4H3,(H,14,16). The molecule has 0 unspecified atom stereocenters. The van der Waals surface area contributed by atoms with Gasteiger partial charge in [-0.05, 0) is 38.1 Å². The third-order valence-corrected chi connectivity index (χ3v) is 4.92. The first-order valence-electron chi connectivity index (χ1n) is 6.70. The number of rotatable bonds is 4. The number of nitrogens with one attached hydrogen (secondary N) is 1. The fourth-order valence-electron chi connectivity index (χ4n) is 2.59. The molecule has 1 aromatic heterocycles. The molecule has 1 N–H and O–H groups in total. The lowest BCUT2D eigenvalue weighted by atomic mass is 9.75. The molecule has 0 atom stereocenters. The summed E-state index contributed by atoms with van der Waals surface area (Å²) in [6.07, 6.45) is 5.28. The number of nitrogens with zero attached hydrogens (tertiary/aromatic N) is 3. The lowest BCUT2D eigenvalue weighted by Crippen LogP contribution is -2.36. The second kappa shape index (κ2) is 5.53. The minimum atomic E-state index is 0.541. The molecule has 5 heteroatoms. The molecule has 0 aliphatic heterocycles. The van der Waals surface area contributed by atoms with E-state index in [9.17, 15) is 0 Å². The minimum absolute atomic E-state index is 0.541. The molecule has 1 fully saturated rings. The monoisotopic (exact) mass is 268 g/mol. The summed E-state index contributed by atoms with van der Waals surface area (Å²) in [5.41, 5.74) is 0.541. The van der Waals surface area contributed by atoms with E-state index in [1.807, 2.05) is 7.05 Å². The molecule has 0 bridgehead atoms. The van der Waals surface area contributed by atoms with Crippen molar-refractivity contribution in [1.82, 2.24) is 15.1 Å². The van der Waals surface area contributed by atoms with Gasteiger partial charge in [0.1, 0.15) is 5.01 Å². The maximum Gasteiger partial charge on any atom is 0.205 e. The summed E-state index contributed by atoms with van der Waals surface area (Å²) in [6.45, 7) is 5.69. The zero-order valence-corrected chi connectivity index (χ0v) is 12.7. The van der Waals surface area contributed by atoms with E-state index in [0.717, 1.165) is 16.7 Å². The van der Waals surface area contributed by atoms with Gasteiger partial charge >= 0.3 is 0 Å². The van der Waals surface area contributed by atoms with Crippen molar-refractivity contribution in [3.05, 3.63) is 5.01 Å². The molecule has 1 aromatic rings. The molecule has 0 saturated heterocycles. The Morgan fingerprint density at radius 2 is 2.00 bits per heavy atom. The first kappa shape index (κ1) is 13.7. The quantitative estimate of drug-likeness (QED) is 0.911. The van der Waals surface area contributed by atoms with E-state index < -0.39 is 0 Å². The fraction of sp³-hybridized carbons (Fsp3) is 0.846. The third-order valence-electron chi connectivity index (χ3n) is 4.00. The van der Waals surface area contributed by atoms with Crippen LogP contribution in [0.3, 0.4) is 0 Å². The predicted molar refractivity (Wildman–Crippen MR) is 77.0 cm³/mol. The van der Waals surface area contributed by atoms with Crippen LogP contribution in [0.4, 0.5) is 5.13 Å². The number of aromatic nitrogens is 2. The molecule has 1 heterocycles. The van der Waals surface area contributed by atoms with Gasteiger partial charge < -0.3 is 5.32 Å². The van der Waals surface area contributed by atoms with Crippen molar-refractivity contribution in [3.8, 4) is 0 Å². The van der Waals surface area contributed by atoms with E-state index in [0.29, 0.717) is 11.5 Å². The molecule has 1 saturated carbocycles. The summed E-state index contributed by atoms with van der Waals surface area (Å²) in [6, 6.07) is 0.708. The molecule has 4 nitrogen and oxygen atoms in total. The summed E-state index contributed by atoms with van der Waals surface area (Å²) in [5, 5.41) is 13.3. The van der Waals surface area contributed by atoms with Gasteiger partial charge in [-0.2, -0.15) is 0 Å². The molecule has 0 spiro atoms. The van der Waals surface area contributed by atoms with E-state index in [-0.39, 0.29) is 0 Å². The van der Waals surface area contributed by atoms with Crippen LogP contribution in [0.25, 0.3) is 0 Å². The van der Waals surface area contributed by atoms with Crippen LogP contribution in [-0.2, 0) is 6.54 Å². The van der Waals surface area contributed by atoms with E-state index in [2.05, 4.69) is 41.3 Å². The summed E-state index contributed by atoms with van der Waals surface area (Å²) in [4.78, 5) is 2.44. The largest absolute Gasteiger partial charge is 0.363 e. The van der Waals surface area contributed by atoms with Crippen molar-refractivity contribution in [2.75, 3.05) is 19.4 Å². The highest BCUT2D eigenvalue weighted by Crippen LogP contribution is 2.36. The second-order valence-corrected chi connectivity index (χ2v) is 7.12. The van der Waals surface area contributed by atoms with Gasteiger partial charge in [-0.3, -0.25) is 4.90 Å². The molecular formula is C13H24N4S. The normalized spacial score (nSPS) is 20.3. The fourth-order valence-corrected chi connectivity index (χ4v) is 3.34. The van der Waals surface area contributed by atoms with Gasteiger partial charge in [0.05, 0.1) is 6.54 Å². The SMILES string of the molecule is CNc1nnc(CN(C)C2CCC(C)(C)CC2)s1. The van der Waals surface area contributed by atoms with E-state index in [1.54, 1.807) is 11.3 Å².